The Balaban J connectivity index is 1.83. The number of carbonyl (C=O) groups excluding carboxylic acids is 1. The van der Waals surface area contributed by atoms with Gasteiger partial charge in [0, 0.05) is 10.7 Å². The summed E-state index contributed by atoms with van der Waals surface area (Å²) in [7, 11) is 1.55. The molecule has 30 heavy (non-hydrogen) atoms. The Morgan fingerprint density at radius 3 is 2.77 bits per heavy atom. The zero-order chi connectivity index (χ0) is 21.5. The Labute approximate surface area is 187 Å². The van der Waals surface area contributed by atoms with Crippen LogP contribution in [0.25, 0.3) is 0 Å². The van der Waals surface area contributed by atoms with E-state index in [0.29, 0.717) is 33.5 Å². The smallest absolute Gasteiger partial charge is 0.238 e. The number of fused-ring (bicyclic) bond motifs is 1. The number of nitrogens with zero attached hydrogens (tertiary/aromatic N) is 2. The SMILES string of the molecule is CCC(Sc1nc2c(cc1C#N)CCCCCC2)C(=O)Nc1cc(Cl)ccc1OC. The summed E-state index contributed by atoms with van der Waals surface area (Å²) in [6.07, 6.45) is 7.18. The Morgan fingerprint density at radius 2 is 2.07 bits per heavy atom. The lowest BCUT2D eigenvalue weighted by atomic mass is 9.96. The minimum absolute atomic E-state index is 0.166. The van der Waals surface area contributed by atoms with Crippen molar-refractivity contribution in [2.75, 3.05) is 12.4 Å². The molecule has 0 aliphatic heterocycles. The van der Waals surface area contributed by atoms with E-state index < -0.39 is 0 Å². The molecule has 0 spiro atoms. The average molecular weight is 444 g/mol. The molecule has 1 aliphatic carbocycles. The quantitative estimate of drug-likeness (QED) is 0.572. The second-order valence-corrected chi connectivity index (χ2v) is 8.95. The van der Waals surface area contributed by atoms with Gasteiger partial charge < -0.3 is 10.1 Å². The van der Waals surface area contributed by atoms with Crippen molar-refractivity contribution in [3.63, 3.8) is 0 Å². The molecule has 0 radical (unpaired) electrons. The summed E-state index contributed by atoms with van der Waals surface area (Å²) in [5, 5.41) is 13.3. The molecule has 1 aliphatic rings. The molecule has 0 saturated heterocycles. The lowest BCUT2D eigenvalue weighted by molar-refractivity contribution is -0.115. The molecular formula is C23H26ClN3O2S. The minimum Gasteiger partial charge on any atom is -0.495 e. The molecule has 158 valence electrons. The molecule has 1 unspecified atom stereocenters. The largest absolute Gasteiger partial charge is 0.495 e. The number of aryl methyl sites for hydroxylation is 2. The van der Waals surface area contributed by atoms with Gasteiger partial charge in [-0.15, -0.1) is 0 Å². The number of hydrogen-bond donors (Lipinski definition) is 1. The number of anilines is 1. The first-order valence-electron chi connectivity index (χ1n) is 10.3. The zero-order valence-electron chi connectivity index (χ0n) is 17.3. The zero-order valence-corrected chi connectivity index (χ0v) is 18.9. The van der Waals surface area contributed by atoms with E-state index in [9.17, 15) is 10.1 Å². The fourth-order valence-corrected chi connectivity index (χ4v) is 4.75. The molecule has 3 rings (SSSR count). The van der Waals surface area contributed by atoms with Crippen molar-refractivity contribution in [2.45, 2.75) is 62.1 Å². The number of ether oxygens (including phenoxy) is 1. The summed E-state index contributed by atoms with van der Waals surface area (Å²) in [5.74, 6) is 0.380. The number of benzene rings is 1. The van der Waals surface area contributed by atoms with E-state index in [1.165, 1.54) is 30.2 Å². The maximum Gasteiger partial charge on any atom is 0.238 e. The normalized spacial score (nSPS) is 14.6. The summed E-state index contributed by atoms with van der Waals surface area (Å²) in [6, 6.07) is 9.34. The summed E-state index contributed by atoms with van der Waals surface area (Å²) in [4.78, 5) is 17.8. The van der Waals surface area contributed by atoms with Crippen LogP contribution in [0.5, 0.6) is 5.75 Å². The van der Waals surface area contributed by atoms with Crippen LogP contribution in [0.15, 0.2) is 29.3 Å². The van der Waals surface area contributed by atoms with Gasteiger partial charge >= 0.3 is 0 Å². The summed E-state index contributed by atoms with van der Waals surface area (Å²) in [6.45, 7) is 1.95. The third-order valence-corrected chi connectivity index (χ3v) is 6.82. The summed E-state index contributed by atoms with van der Waals surface area (Å²) in [5.41, 5.74) is 3.33. The van der Waals surface area contributed by atoms with Gasteiger partial charge in [-0.2, -0.15) is 5.26 Å². The Bertz CT molecular complexity index is 958. The molecule has 1 heterocycles. The number of nitriles is 1. The lowest BCUT2D eigenvalue weighted by Crippen LogP contribution is -2.25. The Kier molecular flexibility index (Phi) is 8.01. The third-order valence-electron chi connectivity index (χ3n) is 5.22. The first-order chi connectivity index (χ1) is 14.5. The highest BCUT2D eigenvalue weighted by molar-refractivity contribution is 8.00. The second-order valence-electron chi connectivity index (χ2n) is 7.32. The highest BCUT2D eigenvalue weighted by Gasteiger charge is 2.23. The van der Waals surface area contributed by atoms with Crippen molar-refractivity contribution in [1.29, 1.82) is 5.26 Å². The Morgan fingerprint density at radius 1 is 1.30 bits per heavy atom. The van der Waals surface area contributed by atoms with Crippen LogP contribution in [0.3, 0.4) is 0 Å². The van der Waals surface area contributed by atoms with Gasteiger partial charge in [0.25, 0.3) is 0 Å². The number of thioether (sulfide) groups is 1. The molecule has 7 heteroatoms. The van der Waals surface area contributed by atoms with Gasteiger partial charge in [0.15, 0.2) is 0 Å². The van der Waals surface area contributed by atoms with Gasteiger partial charge in [0.1, 0.15) is 16.8 Å². The van der Waals surface area contributed by atoms with E-state index in [4.69, 9.17) is 21.3 Å². The van der Waals surface area contributed by atoms with Crippen LogP contribution in [0, 0.1) is 11.3 Å². The van der Waals surface area contributed by atoms with Crippen molar-refractivity contribution in [1.82, 2.24) is 4.98 Å². The number of carbonyl (C=O) groups is 1. The van der Waals surface area contributed by atoms with Crippen molar-refractivity contribution in [2.24, 2.45) is 0 Å². The standard InChI is InChI=1S/C23H26ClN3O2S/c1-3-21(22(28)26-19-13-17(24)10-11-20(19)29-2)30-23-16(14-25)12-15-8-6-4-5-7-9-18(15)27-23/h10-13,21H,3-9H2,1-2H3,(H,26,28). The van der Waals surface area contributed by atoms with Crippen LogP contribution >= 0.6 is 23.4 Å². The van der Waals surface area contributed by atoms with E-state index in [1.54, 1.807) is 25.3 Å². The molecule has 1 aromatic carbocycles. The first-order valence-corrected chi connectivity index (χ1v) is 11.6. The molecule has 5 nitrogen and oxygen atoms in total. The highest BCUT2D eigenvalue weighted by Crippen LogP contribution is 2.33. The topological polar surface area (TPSA) is 75.0 Å². The number of amides is 1. The maximum absolute atomic E-state index is 13.0. The predicted octanol–water partition coefficient (Wildman–Crippen LogP) is 5.78. The van der Waals surface area contributed by atoms with Crippen LogP contribution in [-0.2, 0) is 17.6 Å². The van der Waals surface area contributed by atoms with Crippen molar-refractivity contribution < 1.29 is 9.53 Å². The van der Waals surface area contributed by atoms with Crippen molar-refractivity contribution in [3.8, 4) is 11.8 Å². The van der Waals surface area contributed by atoms with Crippen molar-refractivity contribution >= 4 is 35.0 Å². The average Bonchev–Trinajstić information content (AvgIpc) is 2.72. The number of rotatable bonds is 6. The summed E-state index contributed by atoms with van der Waals surface area (Å²) >= 11 is 7.42. The van der Waals surface area contributed by atoms with E-state index in [1.807, 2.05) is 13.0 Å². The van der Waals surface area contributed by atoms with E-state index in [0.717, 1.165) is 31.4 Å². The van der Waals surface area contributed by atoms with Gasteiger partial charge in [-0.05, 0) is 61.9 Å². The number of hydrogen-bond acceptors (Lipinski definition) is 5. The number of methoxy groups -OCH3 is 1. The Hall–Kier alpha value is -2.23. The van der Waals surface area contributed by atoms with Crippen LogP contribution in [0.4, 0.5) is 5.69 Å². The van der Waals surface area contributed by atoms with Gasteiger partial charge in [0.05, 0.1) is 23.6 Å². The third kappa shape index (κ3) is 5.47. The number of aromatic nitrogens is 1. The number of nitrogens with one attached hydrogen (secondary N) is 1. The van der Waals surface area contributed by atoms with E-state index in [2.05, 4.69) is 11.4 Å². The van der Waals surface area contributed by atoms with E-state index in [-0.39, 0.29) is 11.2 Å². The van der Waals surface area contributed by atoms with Crippen LogP contribution in [0.1, 0.15) is 55.8 Å². The summed E-state index contributed by atoms with van der Waals surface area (Å²) < 4.78 is 5.32. The minimum atomic E-state index is -0.389. The monoisotopic (exact) mass is 443 g/mol. The van der Waals surface area contributed by atoms with Gasteiger partial charge in [-0.1, -0.05) is 43.1 Å². The molecule has 1 aromatic heterocycles. The maximum atomic E-state index is 13.0. The van der Waals surface area contributed by atoms with Crippen LogP contribution in [-0.4, -0.2) is 23.3 Å². The van der Waals surface area contributed by atoms with Gasteiger partial charge in [0.2, 0.25) is 5.91 Å². The molecule has 2 aromatic rings. The molecule has 1 atom stereocenters. The number of pyridine rings is 1. The molecule has 1 N–H and O–H groups in total. The number of halogens is 1. The molecule has 0 saturated carbocycles. The first kappa shape index (κ1) is 22.5. The van der Waals surface area contributed by atoms with E-state index >= 15 is 0 Å². The molecule has 0 bridgehead atoms. The fraction of sp³-hybridized carbons (Fsp3) is 0.435. The second kappa shape index (κ2) is 10.7. The van der Waals surface area contributed by atoms with Crippen molar-refractivity contribution in [3.05, 3.63) is 46.1 Å². The van der Waals surface area contributed by atoms with Crippen LogP contribution < -0.4 is 10.1 Å². The van der Waals surface area contributed by atoms with Gasteiger partial charge in [-0.25, -0.2) is 4.98 Å². The highest BCUT2D eigenvalue weighted by atomic mass is 35.5. The fourth-order valence-electron chi connectivity index (χ4n) is 3.59. The predicted molar refractivity (Wildman–Crippen MR) is 121 cm³/mol. The van der Waals surface area contributed by atoms with Gasteiger partial charge in [-0.3, -0.25) is 4.79 Å². The molecule has 1 amide bonds. The van der Waals surface area contributed by atoms with Crippen LogP contribution in [0.2, 0.25) is 5.02 Å². The lowest BCUT2D eigenvalue weighted by Gasteiger charge is -2.19. The molecule has 0 fully saturated rings. The molecular weight excluding hydrogens is 418 g/mol.